The van der Waals surface area contributed by atoms with E-state index in [2.05, 4.69) is 9.88 Å². The third kappa shape index (κ3) is 4.72. The van der Waals surface area contributed by atoms with Crippen LogP contribution >= 0.6 is 11.6 Å². The number of carbonyl (C=O) groups excluding carboxylic acids is 2. The fraction of sp³-hybridized carbons (Fsp3) is 0.200. The van der Waals surface area contributed by atoms with Gasteiger partial charge in [0.1, 0.15) is 24.2 Å². The number of nitrogens with one attached hydrogen (secondary N) is 1. The van der Waals surface area contributed by atoms with Crippen molar-refractivity contribution in [1.82, 2.24) is 9.47 Å². The van der Waals surface area contributed by atoms with Crippen LogP contribution in [0.5, 0.6) is 5.75 Å². The number of hydrogen-bond acceptors (Lipinski definition) is 3. The van der Waals surface area contributed by atoms with Gasteiger partial charge in [0.05, 0.1) is 29.2 Å². The van der Waals surface area contributed by atoms with Crippen LogP contribution in [-0.4, -0.2) is 41.1 Å². The summed E-state index contributed by atoms with van der Waals surface area (Å²) in [5.41, 5.74) is 3.87. The average Bonchev–Trinajstić information content (AvgIpc) is 3.67. The summed E-state index contributed by atoms with van der Waals surface area (Å²) in [7, 11) is 1.62. The zero-order valence-corrected chi connectivity index (χ0v) is 21.9. The number of nitrogens with zero attached hydrogens (tertiary/aromatic N) is 3. The molecule has 1 aliphatic heterocycles. The molecule has 1 atom stereocenters. The molecule has 7 nitrogen and oxygen atoms in total. The van der Waals surface area contributed by atoms with Gasteiger partial charge in [0.25, 0.3) is 0 Å². The second-order valence-corrected chi connectivity index (χ2v) is 10.1. The number of amides is 3. The van der Waals surface area contributed by atoms with Crippen molar-refractivity contribution in [3.63, 3.8) is 0 Å². The van der Waals surface area contributed by atoms with Crippen LogP contribution in [0.4, 0.5) is 20.6 Å². The molecule has 1 aliphatic carbocycles. The van der Waals surface area contributed by atoms with Gasteiger partial charge < -0.3 is 19.5 Å². The first-order valence-corrected chi connectivity index (χ1v) is 13.1. The molecule has 39 heavy (non-hydrogen) atoms. The monoisotopic (exact) mass is 544 g/mol. The first kappa shape index (κ1) is 25.0. The third-order valence-corrected chi connectivity index (χ3v) is 7.43. The predicted octanol–water partition coefficient (Wildman–Crippen LogP) is 6.41. The molecule has 2 aliphatic rings. The van der Waals surface area contributed by atoms with Gasteiger partial charge >= 0.3 is 6.03 Å². The molecule has 1 aromatic heterocycles. The molecule has 2 heterocycles. The number of hydrogen-bond donors (Lipinski definition) is 1. The Morgan fingerprint density at radius 1 is 1.03 bits per heavy atom. The normalized spacial score (nSPS) is 15.8. The van der Waals surface area contributed by atoms with Gasteiger partial charge in [-0.05, 0) is 73.0 Å². The number of carbonyl (C=O) groups is 2. The Bertz CT molecular complexity index is 1550. The van der Waals surface area contributed by atoms with Crippen LogP contribution in [0.2, 0.25) is 5.02 Å². The second-order valence-electron chi connectivity index (χ2n) is 9.65. The fourth-order valence-corrected chi connectivity index (χ4v) is 5.29. The largest absolute Gasteiger partial charge is 0.497 e. The van der Waals surface area contributed by atoms with E-state index >= 15 is 0 Å². The molecule has 1 fully saturated rings. The highest BCUT2D eigenvalue weighted by Gasteiger charge is 2.40. The van der Waals surface area contributed by atoms with Crippen molar-refractivity contribution >= 4 is 34.9 Å². The molecule has 0 bridgehead atoms. The van der Waals surface area contributed by atoms with Gasteiger partial charge in [0, 0.05) is 17.9 Å². The quantitative estimate of drug-likeness (QED) is 0.305. The maximum Gasteiger partial charge on any atom is 0.322 e. The highest BCUT2D eigenvalue weighted by molar-refractivity contribution is 6.31. The number of aromatic nitrogens is 1. The topological polar surface area (TPSA) is 66.8 Å². The molecule has 3 aromatic carbocycles. The summed E-state index contributed by atoms with van der Waals surface area (Å²) in [5.74, 6) is -0.0578. The molecule has 0 saturated heterocycles. The van der Waals surface area contributed by atoms with Crippen molar-refractivity contribution in [2.24, 2.45) is 0 Å². The number of para-hydroxylation sites is 2. The van der Waals surface area contributed by atoms with E-state index in [1.165, 1.54) is 18.2 Å². The third-order valence-electron chi connectivity index (χ3n) is 7.14. The summed E-state index contributed by atoms with van der Waals surface area (Å²) >= 11 is 5.90. The molecule has 4 aromatic rings. The summed E-state index contributed by atoms with van der Waals surface area (Å²) in [4.78, 5) is 30.9. The van der Waals surface area contributed by atoms with Gasteiger partial charge in [0.15, 0.2) is 0 Å². The molecule has 6 rings (SSSR count). The van der Waals surface area contributed by atoms with E-state index in [0.717, 1.165) is 41.2 Å². The van der Waals surface area contributed by atoms with Crippen LogP contribution in [-0.2, 0) is 4.79 Å². The van der Waals surface area contributed by atoms with E-state index in [0.29, 0.717) is 5.69 Å². The number of anilines is 2. The summed E-state index contributed by atoms with van der Waals surface area (Å²) in [5, 5.41) is 2.69. The summed E-state index contributed by atoms with van der Waals surface area (Å²) < 4.78 is 21.1. The Morgan fingerprint density at radius 3 is 2.46 bits per heavy atom. The molecular weight excluding hydrogens is 519 g/mol. The number of urea groups is 1. The van der Waals surface area contributed by atoms with E-state index in [4.69, 9.17) is 16.3 Å². The Labute approximate surface area is 230 Å². The molecule has 198 valence electrons. The lowest BCUT2D eigenvalue weighted by molar-refractivity contribution is -0.119. The highest BCUT2D eigenvalue weighted by atomic mass is 35.5. The standard InChI is InChI=1S/C30H26ClFN4O3/c1-39-22-13-8-19(9-14-22)29-27-7-4-16-34(27)25-5-2-3-6-26(25)36(29)28(37)18-35(21-11-12-21)30(38)33-20-10-15-24(32)23(31)17-20/h2-10,13-17,21,29H,11-12,18H2,1H3,(H,33,38). The fourth-order valence-electron chi connectivity index (χ4n) is 5.11. The van der Waals surface area contributed by atoms with Gasteiger partial charge in [-0.25, -0.2) is 9.18 Å². The minimum absolute atomic E-state index is 0.0480. The van der Waals surface area contributed by atoms with Crippen LogP contribution in [0.15, 0.2) is 85.1 Å². The van der Waals surface area contributed by atoms with E-state index in [1.807, 2.05) is 66.9 Å². The van der Waals surface area contributed by atoms with Gasteiger partial charge in [-0.3, -0.25) is 9.69 Å². The van der Waals surface area contributed by atoms with E-state index in [9.17, 15) is 14.0 Å². The molecule has 1 saturated carbocycles. The Morgan fingerprint density at radius 2 is 1.77 bits per heavy atom. The van der Waals surface area contributed by atoms with E-state index in [-0.39, 0.29) is 23.5 Å². The molecular formula is C30H26ClFN4O3. The van der Waals surface area contributed by atoms with Crippen LogP contribution < -0.4 is 15.0 Å². The number of benzene rings is 3. The maximum absolute atomic E-state index is 14.2. The van der Waals surface area contributed by atoms with E-state index in [1.54, 1.807) is 16.9 Å². The van der Waals surface area contributed by atoms with Crippen LogP contribution in [0.3, 0.4) is 0 Å². The lowest BCUT2D eigenvalue weighted by Crippen LogP contribution is -2.48. The summed E-state index contributed by atoms with van der Waals surface area (Å²) in [6.45, 7) is -0.118. The van der Waals surface area contributed by atoms with Crippen molar-refractivity contribution in [2.45, 2.75) is 24.9 Å². The number of halogens is 2. The first-order chi connectivity index (χ1) is 18.9. The van der Waals surface area contributed by atoms with Gasteiger partial charge in [0.2, 0.25) is 5.91 Å². The van der Waals surface area contributed by atoms with Crippen molar-refractivity contribution in [3.8, 4) is 11.4 Å². The maximum atomic E-state index is 14.2. The number of fused-ring (bicyclic) bond motifs is 3. The van der Waals surface area contributed by atoms with Gasteiger partial charge in [-0.15, -0.1) is 0 Å². The van der Waals surface area contributed by atoms with Crippen molar-refractivity contribution in [2.75, 3.05) is 23.9 Å². The summed E-state index contributed by atoms with van der Waals surface area (Å²) in [6.07, 6.45) is 3.61. The highest BCUT2D eigenvalue weighted by Crippen LogP contribution is 2.43. The first-order valence-electron chi connectivity index (χ1n) is 12.7. The molecule has 1 unspecified atom stereocenters. The molecule has 9 heteroatoms. The molecule has 3 amide bonds. The Balaban J connectivity index is 1.34. The lowest BCUT2D eigenvalue weighted by atomic mass is 9.97. The van der Waals surface area contributed by atoms with Crippen LogP contribution in [0.1, 0.15) is 30.1 Å². The van der Waals surface area contributed by atoms with Crippen molar-refractivity contribution in [1.29, 1.82) is 0 Å². The molecule has 1 N–H and O–H groups in total. The lowest BCUT2D eigenvalue weighted by Gasteiger charge is -2.39. The second kappa shape index (κ2) is 10.1. The average molecular weight is 545 g/mol. The minimum atomic E-state index is -0.568. The Hall–Kier alpha value is -4.30. The van der Waals surface area contributed by atoms with Gasteiger partial charge in [-0.2, -0.15) is 0 Å². The number of methoxy groups -OCH3 is 1. The Kier molecular flexibility index (Phi) is 6.48. The minimum Gasteiger partial charge on any atom is -0.497 e. The predicted molar refractivity (Wildman–Crippen MR) is 148 cm³/mol. The zero-order valence-electron chi connectivity index (χ0n) is 21.2. The van der Waals surface area contributed by atoms with Gasteiger partial charge in [-0.1, -0.05) is 35.9 Å². The van der Waals surface area contributed by atoms with Crippen LogP contribution in [0.25, 0.3) is 5.69 Å². The molecule has 0 radical (unpaired) electrons. The van der Waals surface area contributed by atoms with Crippen molar-refractivity contribution in [3.05, 3.63) is 107 Å². The van der Waals surface area contributed by atoms with Crippen molar-refractivity contribution < 1.29 is 18.7 Å². The number of ether oxygens (including phenoxy) is 1. The SMILES string of the molecule is COc1ccc(C2c3cccn3-c3ccccc3N2C(=O)CN(C(=O)Nc2ccc(F)c(Cl)c2)C2CC2)cc1. The smallest absolute Gasteiger partial charge is 0.322 e. The number of rotatable bonds is 6. The molecule has 0 spiro atoms. The van der Waals surface area contributed by atoms with Crippen LogP contribution in [0, 0.1) is 5.82 Å². The summed E-state index contributed by atoms with van der Waals surface area (Å²) in [6, 6.07) is 22.5. The van der Waals surface area contributed by atoms with E-state index < -0.39 is 17.9 Å². The zero-order chi connectivity index (χ0) is 27.1.